The van der Waals surface area contributed by atoms with Crippen LogP contribution in [0.25, 0.3) is 21.3 Å². The largest absolute Gasteiger partial charge is 0.476 e. The number of aromatic carboxylic acids is 1. The molecule has 29 nitrogen and oxygen atoms in total. The summed E-state index contributed by atoms with van der Waals surface area (Å²) in [7, 11) is 1.64. The fourth-order valence-electron chi connectivity index (χ4n) is 15.9. The van der Waals surface area contributed by atoms with Gasteiger partial charge in [0.25, 0.3) is 5.91 Å². The van der Waals surface area contributed by atoms with Crippen molar-refractivity contribution in [2.45, 2.75) is 123 Å². The highest BCUT2D eigenvalue weighted by Crippen LogP contribution is 2.72. The third-order valence-corrected chi connectivity index (χ3v) is 20.5. The van der Waals surface area contributed by atoms with Crippen LogP contribution in [-0.4, -0.2) is 257 Å². The Hall–Kier alpha value is -6.72. The van der Waals surface area contributed by atoms with Crippen molar-refractivity contribution in [1.82, 2.24) is 35.7 Å². The molecule has 586 valence electrons. The minimum absolute atomic E-state index is 0.0100. The molecule has 3 aromatic heterocycles. The first kappa shape index (κ1) is 83.3. The Morgan fingerprint density at radius 3 is 1.77 bits per heavy atom. The number of para-hydroxylation sites is 1. The summed E-state index contributed by atoms with van der Waals surface area (Å²) in [5.74, 6) is -2.25. The Balaban J connectivity index is 0.620. The number of hydrogen-bond donors (Lipinski definition) is 6. The number of carboxylic acid groups (broad SMARTS) is 1. The lowest BCUT2D eigenvalue weighted by atomic mass is 9.39. The lowest BCUT2D eigenvalue weighted by molar-refractivity contribution is -0.247. The molecule has 4 heterocycles. The molecule has 0 spiro atoms. The zero-order valence-electron chi connectivity index (χ0n) is 62.5. The summed E-state index contributed by atoms with van der Waals surface area (Å²) in [6.45, 7) is 20.2. The highest BCUT2D eigenvalue weighted by molar-refractivity contribution is 7.22. The molecule has 30 heteroatoms. The number of benzene rings is 2. The first-order valence-corrected chi connectivity index (χ1v) is 38.1. The minimum atomic E-state index is -1.15. The molecule has 4 aliphatic carbocycles. The summed E-state index contributed by atoms with van der Waals surface area (Å²) in [5, 5.41) is 27.7. The van der Waals surface area contributed by atoms with Crippen molar-refractivity contribution in [2.75, 3.05) is 196 Å². The number of nitrogens with zero attached hydrogens (tertiary/aromatic N) is 5. The number of carbonyl (C=O) groups is 5. The number of hydrogen-bond acceptors (Lipinski definition) is 24. The predicted molar refractivity (Wildman–Crippen MR) is 397 cm³/mol. The molecule has 2 unspecified atom stereocenters. The van der Waals surface area contributed by atoms with Crippen LogP contribution in [0.5, 0.6) is 0 Å². The molecule has 4 fully saturated rings. The molecular formula is C76H112N10O19S. The number of thiazole rings is 1. The third kappa shape index (κ3) is 25.7. The second kappa shape index (κ2) is 42.9. The van der Waals surface area contributed by atoms with E-state index in [4.69, 9.17) is 77.4 Å². The summed E-state index contributed by atoms with van der Waals surface area (Å²) in [5.41, 5.74) is 10.4. The van der Waals surface area contributed by atoms with Crippen LogP contribution in [0, 0.1) is 23.2 Å². The second-order valence-corrected chi connectivity index (χ2v) is 29.6. The molecule has 4 saturated carbocycles. The van der Waals surface area contributed by atoms with Crippen molar-refractivity contribution in [3.8, 4) is 11.1 Å². The standard InChI is InChI=1S/C76H112N10O19S/c1-55(80-70(90)63(14-8-9-19-77)81-66(87)47-104-44-43-103-42-41-102-40-39-101-38-37-100-36-35-99-34-33-98-32-31-97-30-29-96-28-27-95-26-25-94-24-23-93-5)68(88)78-20-22-105-76-51-73(3)48-74(4,52-76)50-75(49-73,53-76)54-86-56(2)60(45-79-86)58-16-17-65(83-67(58)71(91)92)85-21-18-57-11-10-12-59(61(57)46-85)69(89)84-72-82-62-13-6-7-15-64(62)106-72/h6-7,10-13,15-17,45,55,63H,8-9,14,18-44,46-54,77H2,1-5H3,(H,78,88)(H,80,90)(H,81,87)(H,91,92)(H,82,84,89)/t55-,63-,73?,74?,75?,76?/m0/s1. The fraction of sp³-hybridized carbons (Fsp3) is 0.658. The van der Waals surface area contributed by atoms with Crippen LogP contribution in [0.2, 0.25) is 0 Å². The van der Waals surface area contributed by atoms with Crippen molar-refractivity contribution in [2.24, 2.45) is 22.0 Å². The number of methoxy groups -OCH3 is 1. The molecule has 4 atom stereocenters. The van der Waals surface area contributed by atoms with E-state index >= 15 is 0 Å². The zero-order valence-corrected chi connectivity index (χ0v) is 63.3. The number of pyridine rings is 1. The number of unbranched alkanes of at least 4 members (excludes halogenated alkanes) is 1. The zero-order chi connectivity index (χ0) is 75.0. The third-order valence-electron chi connectivity index (χ3n) is 19.5. The molecule has 5 aromatic rings. The van der Waals surface area contributed by atoms with Gasteiger partial charge in [-0.3, -0.25) is 29.2 Å². The van der Waals surface area contributed by atoms with Gasteiger partial charge < -0.3 is 93.3 Å². The molecule has 5 aliphatic rings. The van der Waals surface area contributed by atoms with Crippen molar-refractivity contribution in [1.29, 1.82) is 0 Å². The average molecular weight is 1500 g/mol. The molecule has 4 bridgehead atoms. The van der Waals surface area contributed by atoms with Crippen LogP contribution in [0.1, 0.15) is 116 Å². The van der Waals surface area contributed by atoms with Gasteiger partial charge in [-0.1, -0.05) is 49.4 Å². The Labute approximate surface area is 625 Å². The molecule has 7 N–H and O–H groups in total. The highest BCUT2D eigenvalue weighted by Gasteiger charge is 2.66. The van der Waals surface area contributed by atoms with Crippen LogP contribution >= 0.6 is 11.3 Å². The molecule has 1 aliphatic heterocycles. The maximum atomic E-state index is 13.8. The first-order valence-electron chi connectivity index (χ1n) is 37.3. The Bertz CT molecular complexity index is 3510. The van der Waals surface area contributed by atoms with Gasteiger partial charge in [0.1, 0.15) is 24.5 Å². The molecule has 10 rings (SSSR count). The SMILES string of the molecule is COCCOCCOCCOCCOCCOCCOCCOCCOCCOCCOCCOCC(=O)N[C@@H](CCCCN)C(=O)N[C@@H](C)C(=O)NCCOC12CC3(C)CC(C)(CC(Cn4ncc(-c5ccc(N6CCc7cccc(C(=O)Nc8nc9ccccc9s8)c7C6)nc5C(=O)O)c4C)(C3)C1)C2. The molecule has 4 amide bonds. The summed E-state index contributed by atoms with van der Waals surface area (Å²) in [4.78, 5) is 78.5. The van der Waals surface area contributed by atoms with Gasteiger partial charge in [0.2, 0.25) is 17.7 Å². The van der Waals surface area contributed by atoms with Gasteiger partial charge in [0, 0.05) is 55.7 Å². The second-order valence-electron chi connectivity index (χ2n) is 28.5. The smallest absolute Gasteiger partial charge is 0.355 e. The average Bonchev–Trinajstić information content (AvgIpc) is 0.766. The van der Waals surface area contributed by atoms with E-state index in [0.29, 0.717) is 212 Å². The highest BCUT2D eigenvalue weighted by atomic mass is 32.1. The van der Waals surface area contributed by atoms with Crippen LogP contribution < -0.4 is 31.9 Å². The number of ether oxygens (including phenoxy) is 13. The molecule has 2 aromatic carbocycles. The molecular weight excluding hydrogens is 1390 g/mol. The van der Waals surface area contributed by atoms with Gasteiger partial charge in [-0.2, -0.15) is 5.10 Å². The Kier molecular flexibility index (Phi) is 33.7. The van der Waals surface area contributed by atoms with Crippen LogP contribution in [-0.2, 0) is 95.5 Å². The van der Waals surface area contributed by atoms with Gasteiger partial charge in [0.15, 0.2) is 10.8 Å². The predicted octanol–water partition coefficient (Wildman–Crippen LogP) is 6.58. The number of rotatable bonds is 54. The number of carboxylic acids is 1. The maximum absolute atomic E-state index is 13.8. The topological polar surface area (TPSA) is 347 Å². The summed E-state index contributed by atoms with van der Waals surface area (Å²) >= 11 is 1.42. The number of anilines is 2. The van der Waals surface area contributed by atoms with E-state index < -0.39 is 35.5 Å². The number of carbonyl (C=O) groups excluding carboxylic acids is 4. The quantitative estimate of drug-likeness (QED) is 0.0224. The number of nitrogens with two attached hydrogens (primary N) is 1. The van der Waals surface area contributed by atoms with E-state index in [1.807, 2.05) is 71.1 Å². The first-order chi connectivity index (χ1) is 51.4. The van der Waals surface area contributed by atoms with Crippen LogP contribution in [0.3, 0.4) is 0 Å². The summed E-state index contributed by atoms with van der Waals surface area (Å²) < 4.78 is 75.5. The molecule has 0 saturated heterocycles. The fourth-order valence-corrected chi connectivity index (χ4v) is 16.8. The van der Waals surface area contributed by atoms with Crippen molar-refractivity contribution < 1.29 is 90.7 Å². The van der Waals surface area contributed by atoms with Gasteiger partial charge in [0.05, 0.1) is 174 Å². The normalized spacial score (nSPS) is 20.0. The van der Waals surface area contributed by atoms with Gasteiger partial charge in [-0.15, -0.1) is 0 Å². The number of fused-ring (bicyclic) bond motifs is 2. The van der Waals surface area contributed by atoms with E-state index in [0.717, 1.165) is 65.6 Å². The van der Waals surface area contributed by atoms with E-state index in [1.54, 1.807) is 20.2 Å². The van der Waals surface area contributed by atoms with E-state index in [-0.39, 0.29) is 66.7 Å². The monoisotopic (exact) mass is 1500 g/mol. The van der Waals surface area contributed by atoms with E-state index in [1.165, 1.54) is 11.3 Å². The minimum Gasteiger partial charge on any atom is -0.476 e. The van der Waals surface area contributed by atoms with Crippen molar-refractivity contribution in [3.05, 3.63) is 88.9 Å². The maximum Gasteiger partial charge on any atom is 0.355 e. The number of aromatic nitrogens is 4. The van der Waals surface area contributed by atoms with Crippen LogP contribution in [0.4, 0.5) is 10.9 Å². The summed E-state index contributed by atoms with van der Waals surface area (Å²) in [6.07, 6.45) is 9.63. The van der Waals surface area contributed by atoms with E-state index in [9.17, 15) is 29.1 Å². The number of nitrogens with one attached hydrogen (secondary N) is 4. The molecule has 106 heavy (non-hydrogen) atoms. The van der Waals surface area contributed by atoms with Crippen molar-refractivity contribution >= 4 is 62.1 Å². The van der Waals surface area contributed by atoms with Gasteiger partial charge in [-0.05, 0) is 142 Å². The lowest BCUT2D eigenvalue weighted by Crippen LogP contribution is -2.64. The van der Waals surface area contributed by atoms with Crippen molar-refractivity contribution in [3.63, 3.8) is 0 Å². The Morgan fingerprint density at radius 2 is 1.21 bits per heavy atom. The molecule has 0 radical (unpaired) electrons. The van der Waals surface area contributed by atoms with Gasteiger partial charge >= 0.3 is 5.97 Å². The van der Waals surface area contributed by atoms with Gasteiger partial charge in [-0.25, -0.2) is 14.8 Å². The summed E-state index contributed by atoms with van der Waals surface area (Å²) in [6, 6.07) is 15.4. The Morgan fingerprint density at radius 1 is 0.632 bits per heavy atom. The number of amides is 4. The van der Waals surface area contributed by atoms with E-state index in [2.05, 4.69) is 40.1 Å². The van der Waals surface area contributed by atoms with Crippen LogP contribution in [0.15, 0.2) is 60.8 Å². The lowest BCUT2D eigenvalue weighted by Gasteiger charge is -2.69.